The zero-order valence-corrected chi connectivity index (χ0v) is 14.5. The largest absolute Gasteiger partial charge is 0.481 e. The maximum absolute atomic E-state index is 9.29. The molecular weight excluding hydrogens is 344 g/mol. The Balaban J connectivity index is -0.000000108. The number of thiol groups is 2. The first-order valence-corrected chi connectivity index (χ1v) is 7.04. The predicted octanol–water partition coefficient (Wildman–Crippen LogP) is 1.37. The third-order valence-corrected chi connectivity index (χ3v) is 1.96. The molecule has 0 unspecified atom stereocenters. The summed E-state index contributed by atoms with van der Waals surface area (Å²) in [7, 11) is 0. The fraction of sp³-hybridized carbons (Fsp3) is 0.286. The van der Waals surface area contributed by atoms with Crippen molar-refractivity contribution in [2.75, 3.05) is 18.1 Å². The minimum Gasteiger partial charge on any atom is -0.481 e. The van der Waals surface area contributed by atoms with E-state index in [2.05, 4.69) is 56.3 Å². The van der Waals surface area contributed by atoms with Crippen molar-refractivity contribution < 1.29 is 34.8 Å². The van der Waals surface area contributed by atoms with Crippen LogP contribution in [0.1, 0.15) is 0 Å². The molecule has 4 N–H and O–H groups in total. The molecule has 0 atom stereocenters. The van der Waals surface area contributed by atoms with Gasteiger partial charge in [-0.25, -0.2) is 0 Å². The van der Waals surface area contributed by atoms with E-state index in [4.69, 9.17) is 20.4 Å². The SMILES string of the molecule is C=CC(O)(C=C)CO.C=COC=C.O=C(O)CS.O=C(O)CS. The summed E-state index contributed by atoms with van der Waals surface area (Å²) < 4.78 is 4.36. The second kappa shape index (κ2) is 22.6. The number of ether oxygens (including phenoxy) is 1. The highest BCUT2D eigenvalue weighted by Crippen LogP contribution is 2.03. The van der Waals surface area contributed by atoms with Crippen LogP contribution in [-0.4, -0.2) is 56.1 Å². The maximum Gasteiger partial charge on any atom is 0.313 e. The molecule has 7 nitrogen and oxygen atoms in total. The Morgan fingerprint density at radius 1 is 0.957 bits per heavy atom. The molecule has 0 rings (SSSR count). The van der Waals surface area contributed by atoms with Gasteiger partial charge in [0.2, 0.25) is 0 Å². The smallest absolute Gasteiger partial charge is 0.313 e. The lowest BCUT2D eigenvalue weighted by Crippen LogP contribution is -2.26. The second-order valence-corrected chi connectivity index (χ2v) is 3.76. The lowest BCUT2D eigenvalue weighted by Gasteiger charge is -2.14. The lowest BCUT2D eigenvalue weighted by molar-refractivity contribution is -0.134. The summed E-state index contributed by atoms with van der Waals surface area (Å²) in [6.07, 6.45) is 5.10. The van der Waals surface area contributed by atoms with Gasteiger partial charge < -0.3 is 25.2 Å². The highest BCUT2D eigenvalue weighted by atomic mass is 32.1. The molecule has 0 amide bonds. The van der Waals surface area contributed by atoms with E-state index in [1.54, 1.807) is 0 Å². The van der Waals surface area contributed by atoms with Gasteiger partial charge in [-0.1, -0.05) is 38.5 Å². The highest BCUT2D eigenvalue weighted by Gasteiger charge is 2.14. The highest BCUT2D eigenvalue weighted by molar-refractivity contribution is 7.81. The molecule has 0 bridgehead atoms. The van der Waals surface area contributed by atoms with Crippen LogP contribution in [0.2, 0.25) is 0 Å². The molecule has 0 spiro atoms. The Hall–Kier alpha value is -1.68. The molecule has 0 aromatic heterocycles. The number of rotatable bonds is 7. The van der Waals surface area contributed by atoms with Crippen LogP contribution >= 0.6 is 25.3 Å². The fourth-order valence-corrected chi connectivity index (χ4v) is 0.280. The molecule has 23 heavy (non-hydrogen) atoms. The number of carbonyl (C=O) groups is 2. The van der Waals surface area contributed by atoms with Crippen LogP contribution in [0.4, 0.5) is 0 Å². The van der Waals surface area contributed by atoms with Crippen molar-refractivity contribution >= 4 is 37.2 Å². The maximum atomic E-state index is 9.29. The number of carboxylic acid groups (broad SMARTS) is 2. The van der Waals surface area contributed by atoms with Gasteiger partial charge in [0.1, 0.15) is 5.60 Å². The molecule has 0 aliphatic rings. The first kappa shape index (κ1) is 29.3. The van der Waals surface area contributed by atoms with Crippen LogP contribution < -0.4 is 0 Å². The summed E-state index contributed by atoms with van der Waals surface area (Å²) >= 11 is 6.83. The quantitative estimate of drug-likeness (QED) is 0.228. The van der Waals surface area contributed by atoms with Gasteiger partial charge in [0.15, 0.2) is 0 Å². The number of aliphatic hydroxyl groups is 2. The molecule has 0 aliphatic heterocycles. The van der Waals surface area contributed by atoms with Crippen LogP contribution in [-0.2, 0) is 14.3 Å². The number of carboxylic acids is 2. The van der Waals surface area contributed by atoms with Gasteiger partial charge in [0, 0.05) is 0 Å². The molecule has 0 fully saturated rings. The number of aliphatic carboxylic acids is 2. The Labute approximate surface area is 147 Å². The zero-order chi connectivity index (χ0) is 19.3. The van der Waals surface area contributed by atoms with Crippen molar-refractivity contribution in [1.29, 1.82) is 0 Å². The monoisotopic (exact) mass is 368 g/mol. The van der Waals surface area contributed by atoms with E-state index in [1.807, 2.05) is 0 Å². The molecule has 0 radical (unpaired) electrons. The van der Waals surface area contributed by atoms with Crippen LogP contribution in [0.15, 0.2) is 51.0 Å². The summed E-state index contributed by atoms with van der Waals surface area (Å²) in [5, 5.41) is 32.6. The van der Waals surface area contributed by atoms with Crippen molar-refractivity contribution in [2.45, 2.75) is 5.60 Å². The van der Waals surface area contributed by atoms with Gasteiger partial charge in [0.25, 0.3) is 0 Å². The molecule has 134 valence electrons. The summed E-state index contributed by atoms with van der Waals surface area (Å²) in [5.41, 5.74) is -1.29. The van der Waals surface area contributed by atoms with Gasteiger partial charge in [-0.15, -0.1) is 0 Å². The van der Waals surface area contributed by atoms with Crippen LogP contribution in [0, 0.1) is 0 Å². The van der Waals surface area contributed by atoms with Gasteiger partial charge in [-0.05, 0) is 0 Å². The predicted molar refractivity (Wildman–Crippen MR) is 96.9 cm³/mol. The van der Waals surface area contributed by atoms with Crippen LogP contribution in [0.5, 0.6) is 0 Å². The summed E-state index contributed by atoms with van der Waals surface area (Å²) in [4.78, 5) is 18.6. The average molecular weight is 368 g/mol. The van der Waals surface area contributed by atoms with Gasteiger partial charge >= 0.3 is 11.9 Å². The molecule has 0 aromatic carbocycles. The van der Waals surface area contributed by atoms with E-state index in [-0.39, 0.29) is 18.1 Å². The van der Waals surface area contributed by atoms with E-state index in [9.17, 15) is 9.59 Å². The number of aliphatic hydroxyl groups excluding tert-OH is 1. The second-order valence-electron chi connectivity index (χ2n) is 3.13. The Morgan fingerprint density at radius 3 is 1.22 bits per heavy atom. The minimum absolute atomic E-state index is 0.0833. The minimum atomic E-state index is -1.29. The van der Waals surface area contributed by atoms with Crippen LogP contribution in [0.25, 0.3) is 0 Å². The molecule has 0 saturated carbocycles. The summed E-state index contributed by atoms with van der Waals surface area (Å²) in [5.74, 6) is -1.93. The fourth-order valence-electron chi connectivity index (χ4n) is 0.280. The van der Waals surface area contributed by atoms with Gasteiger partial charge in [0.05, 0.1) is 30.6 Å². The van der Waals surface area contributed by atoms with Crippen molar-refractivity contribution in [3.8, 4) is 0 Å². The molecule has 0 aromatic rings. The van der Waals surface area contributed by atoms with Crippen LogP contribution in [0.3, 0.4) is 0 Å². The van der Waals surface area contributed by atoms with E-state index in [1.165, 1.54) is 24.7 Å². The lowest BCUT2D eigenvalue weighted by atomic mass is 10.1. The standard InChI is InChI=1S/C6H10O2.C4H6O.2C2H4O2S/c1-3-6(8,4-2)5-7;1-3-5-4-2;2*3-2(4)1-5/h3-4,7-8H,1-2,5H2;3-4H,1-2H2;2*5H,1H2,(H,3,4). The molecule has 0 saturated heterocycles. The van der Waals surface area contributed by atoms with Gasteiger partial charge in [-0.3, -0.25) is 9.59 Å². The van der Waals surface area contributed by atoms with E-state index >= 15 is 0 Å². The molecular formula is C14H24O7S2. The average Bonchev–Trinajstić information content (AvgIpc) is 2.56. The zero-order valence-electron chi connectivity index (χ0n) is 12.7. The third kappa shape index (κ3) is 38.4. The third-order valence-electron chi connectivity index (χ3n) is 1.42. The Kier molecular flexibility index (Phi) is 28.8. The summed E-state index contributed by atoms with van der Waals surface area (Å²) in [6.45, 7) is 12.7. The Morgan fingerprint density at radius 2 is 1.22 bits per heavy atom. The van der Waals surface area contributed by atoms with E-state index in [0.29, 0.717) is 0 Å². The molecule has 0 heterocycles. The first-order valence-electron chi connectivity index (χ1n) is 5.77. The van der Waals surface area contributed by atoms with Gasteiger partial charge in [-0.2, -0.15) is 25.3 Å². The number of hydrogen-bond acceptors (Lipinski definition) is 7. The van der Waals surface area contributed by atoms with E-state index < -0.39 is 17.5 Å². The summed E-state index contributed by atoms with van der Waals surface area (Å²) in [6, 6.07) is 0. The van der Waals surface area contributed by atoms with Crippen molar-refractivity contribution in [3.63, 3.8) is 0 Å². The van der Waals surface area contributed by atoms with Crippen molar-refractivity contribution in [3.05, 3.63) is 51.0 Å². The first-order chi connectivity index (χ1) is 10.6. The number of hydrogen-bond donors (Lipinski definition) is 6. The van der Waals surface area contributed by atoms with E-state index in [0.717, 1.165) is 0 Å². The molecule has 9 heteroatoms. The van der Waals surface area contributed by atoms with Crippen molar-refractivity contribution in [1.82, 2.24) is 0 Å². The molecule has 0 aliphatic carbocycles. The normalized spacial score (nSPS) is 8.17. The topological polar surface area (TPSA) is 124 Å². The Bertz CT molecular complexity index is 329. The van der Waals surface area contributed by atoms with Crippen molar-refractivity contribution in [2.24, 2.45) is 0 Å².